The predicted molar refractivity (Wildman–Crippen MR) is 143 cm³/mol. The van der Waals surface area contributed by atoms with E-state index in [0.29, 0.717) is 54.0 Å². The van der Waals surface area contributed by atoms with Gasteiger partial charge in [-0.3, -0.25) is 14.6 Å². The highest BCUT2D eigenvalue weighted by molar-refractivity contribution is 6.30. The Morgan fingerprint density at radius 1 is 0.897 bits per heavy atom. The SMILES string of the molecule is O=C(Nc1ccc(OC(F)(F)F)cc1)c1ccc(N(CCN2CCOCC2)C(=O)Nc2ccc(Cl)cc2)cc1. The number of rotatable bonds is 8. The maximum Gasteiger partial charge on any atom is 0.573 e. The number of carbonyl (C=O) groups excluding carboxylic acids is 2. The summed E-state index contributed by atoms with van der Waals surface area (Å²) in [4.78, 5) is 29.7. The number of benzene rings is 3. The van der Waals surface area contributed by atoms with Crippen molar-refractivity contribution >= 4 is 40.6 Å². The van der Waals surface area contributed by atoms with E-state index >= 15 is 0 Å². The molecule has 12 heteroatoms. The molecule has 0 aromatic heterocycles. The Bertz CT molecular complexity index is 1250. The number of amides is 3. The van der Waals surface area contributed by atoms with Gasteiger partial charge < -0.3 is 20.1 Å². The van der Waals surface area contributed by atoms with Gasteiger partial charge in [0.1, 0.15) is 5.75 Å². The molecule has 0 saturated carbocycles. The molecule has 0 spiro atoms. The van der Waals surface area contributed by atoms with Crippen LogP contribution in [0, 0.1) is 0 Å². The molecule has 0 atom stereocenters. The van der Waals surface area contributed by atoms with Gasteiger partial charge in [0.05, 0.1) is 13.2 Å². The molecule has 206 valence electrons. The number of hydrogen-bond acceptors (Lipinski definition) is 5. The molecule has 0 radical (unpaired) electrons. The highest BCUT2D eigenvalue weighted by Crippen LogP contribution is 2.25. The summed E-state index contributed by atoms with van der Waals surface area (Å²) < 4.78 is 46.3. The number of nitrogens with zero attached hydrogens (tertiary/aromatic N) is 2. The number of nitrogens with one attached hydrogen (secondary N) is 2. The number of anilines is 3. The summed E-state index contributed by atoms with van der Waals surface area (Å²) in [7, 11) is 0. The Morgan fingerprint density at radius 3 is 2.10 bits per heavy atom. The summed E-state index contributed by atoms with van der Waals surface area (Å²) >= 11 is 5.95. The van der Waals surface area contributed by atoms with Crippen LogP contribution in [-0.2, 0) is 4.74 Å². The van der Waals surface area contributed by atoms with Crippen molar-refractivity contribution in [3.8, 4) is 5.75 Å². The smallest absolute Gasteiger partial charge is 0.406 e. The zero-order chi connectivity index (χ0) is 27.8. The summed E-state index contributed by atoms with van der Waals surface area (Å²) in [5.41, 5.74) is 1.78. The number of hydrogen-bond donors (Lipinski definition) is 2. The van der Waals surface area contributed by atoms with Gasteiger partial charge in [0.25, 0.3) is 5.91 Å². The predicted octanol–water partition coefficient (Wildman–Crippen LogP) is 5.86. The molecule has 1 fully saturated rings. The molecular weight excluding hydrogens is 537 g/mol. The van der Waals surface area contributed by atoms with E-state index in [1.54, 1.807) is 53.4 Å². The summed E-state index contributed by atoms with van der Waals surface area (Å²) in [5, 5.41) is 6.05. The van der Waals surface area contributed by atoms with Gasteiger partial charge in [0.15, 0.2) is 0 Å². The second kappa shape index (κ2) is 12.8. The first kappa shape index (κ1) is 28.2. The van der Waals surface area contributed by atoms with Gasteiger partial charge in [-0.1, -0.05) is 11.6 Å². The van der Waals surface area contributed by atoms with Crippen molar-refractivity contribution in [1.29, 1.82) is 0 Å². The Kier molecular flexibility index (Phi) is 9.28. The van der Waals surface area contributed by atoms with Crippen LogP contribution in [0.4, 0.5) is 35.0 Å². The first-order chi connectivity index (χ1) is 18.7. The second-order valence-corrected chi connectivity index (χ2v) is 9.05. The van der Waals surface area contributed by atoms with E-state index in [2.05, 4.69) is 20.3 Å². The fourth-order valence-corrected chi connectivity index (χ4v) is 4.00. The van der Waals surface area contributed by atoms with Gasteiger partial charge in [0.2, 0.25) is 0 Å². The standard InChI is InChI=1S/C27H26ClF3N4O4/c28-20-3-5-22(6-4-20)33-26(37)35(14-13-34-15-17-38-18-16-34)23-9-1-19(2-10-23)25(36)32-21-7-11-24(12-8-21)39-27(29,30)31/h1-12H,13-18H2,(H,32,36)(H,33,37). The summed E-state index contributed by atoms with van der Waals surface area (Å²) in [5.74, 6) is -0.851. The molecule has 1 aliphatic rings. The third-order valence-corrected chi connectivity index (χ3v) is 6.12. The molecule has 1 heterocycles. The van der Waals surface area contributed by atoms with Crippen LogP contribution in [0.3, 0.4) is 0 Å². The molecule has 8 nitrogen and oxygen atoms in total. The van der Waals surface area contributed by atoms with Gasteiger partial charge in [-0.15, -0.1) is 13.2 Å². The average molecular weight is 563 g/mol. The van der Waals surface area contributed by atoms with Crippen LogP contribution in [0.2, 0.25) is 5.02 Å². The Labute approximate surface area is 228 Å². The van der Waals surface area contributed by atoms with E-state index in [1.165, 1.54) is 12.1 Å². The zero-order valence-electron chi connectivity index (χ0n) is 20.7. The third kappa shape index (κ3) is 8.60. The first-order valence-electron chi connectivity index (χ1n) is 12.1. The van der Waals surface area contributed by atoms with Crippen LogP contribution in [0.25, 0.3) is 0 Å². The Morgan fingerprint density at radius 2 is 1.49 bits per heavy atom. The fraction of sp³-hybridized carbons (Fsp3) is 0.259. The van der Waals surface area contributed by atoms with E-state index < -0.39 is 12.3 Å². The van der Waals surface area contributed by atoms with Gasteiger partial charge in [-0.25, -0.2) is 4.79 Å². The van der Waals surface area contributed by atoms with E-state index in [9.17, 15) is 22.8 Å². The second-order valence-electron chi connectivity index (χ2n) is 8.62. The normalized spacial score (nSPS) is 13.9. The quantitative estimate of drug-likeness (QED) is 0.359. The van der Waals surface area contributed by atoms with Crippen molar-refractivity contribution in [1.82, 2.24) is 4.90 Å². The molecule has 39 heavy (non-hydrogen) atoms. The molecule has 0 aliphatic carbocycles. The van der Waals surface area contributed by atoms with Crippen LogP contribution in [0.5, 0.6) is 5.75 Å². The number of morpholine rings is 1. The maximum atomic E-state index is 13.2. The molecule has 0 unspecified atom stereocenters. The number of halogens is 4. The van der Waals surface area contributed by atoms with Crippen LogP contribution in [0.15, 0.2) is 72.8 Å². The minimum Gasteiger partial charge on any atom is -0.406 e. The minimum atomic E-state index is -4.80. The van der Waals surface area contributed by atoms with Crippen molar-refractivity contribution in [2.24, 2.45) is 0 Å². The number of urea groups is 1. The van der Waals surface area contributed by atoms with Gasteiger partial charge in [-0.05, 0) is 72.8 Å². The topological polar surface area (TPSA) is 83.1 Å². The van der Waals surface area contributed by atoms with Crippen molar-refractivity contribution in [3.05, 3.63) is 83.4 Å². The zero-order valence-corrected chi connectivity index (χ0v) is 21.5. The molecule has 4 rings (SSSR count). The molecule has 3 amide bonds. The first-order valence-corrected chi connectivity index (χ1v) is 12.5. The Balaban J connectivity index is 1.43. The third-order valence-electron chi connectivity index (χ3n) is 5.87. The maximum absolute atomic E-state index is 13.2. The van der Waals surface area contributed by atoms with E-state index in [1.807, 2.05) is 0 Å². The summed E-state index contributed by atoms with van der Waals surface area (Å²) in [6, 6.07) is 17.7. The number of alkyl halides is 3. The van der Waals surface area contributed by atoms with Crippen LogP contribution in [0.1, 0.15) is 10.4 Å². The molecule has 2 N–H and O–H groups in total. The highest BCUT2D eigenvalue weighted by atomic mass is 35.5. The van der Waals surface area contributed by atoms with Crippen molar-refractivity contribution in [2.45, 2.75) is 6.36 Å². The lowest BCUT2D eigenvalue weighted by Gasteiger charge is -2.30. The lowest BCUT2D eigenvalue weighted by Crippen LogP contribution is -2.44. The molecular formula is C27H26ClF3N4O4. The van der Waals surface area contributed by atoms with Gasteiger partial charge in [0, 0.05) is 53.8 Å². The van der Waals surface area contributed by atoms with Crippen molar-refractivity contribution in [3.63, 3.8) is 0 Å². The molecule has 3 aromatic carbocycles. The molecule has 0 bridgehead atoms. The van der Waals surface area contributed by atoms with E-state index in [-0.39, 0.29) is 11.8 Å². The molecule has 1 saturated heterocycles. The number of ether oxygens (including phenoxy) is 2. The van der Waals surface area contributed by atoms with E-state index in [0.717, 1.165) is 25.2 Å². The number of carbonyl (C=O) groups is 2. The van der Waals surface area contributed by atoms with Crippen LogP contribution < -0.4 is 20.3 Å². The lowest BCUT2D eigenvalue weighted by molar-refractivity contribution is -0.274. The van der Waals surface area contributed by atoms with Crippen molar-refractivity contribution in [2.75, 3.05) is 54.9 Å². The van der Waals surface area contributed by atoms with Gasteiger partial charge in [-0.2, -0.15) is 0 Å². The molecule has 1 aliphatic heterocycles. The summed E-state index contributed by atoms with van der Waals surface area (Å²) in [6.45, 7) is 3.85. The van der Waals surface area contributed by atoms with Crippen LogP contribution >= 0.6 is 11.6 Å². The monoisotopic (exact) mass is 562 g/mol. The highest BCUT2D eigenvalue weighted by Gasteiger charge is 2.31. The largest absolute Gasteiger partial charge is 0.573 e. The van der Waals surface area contributed by atoms with Crippen LogP contribution in [-0.4, -0.2) is 62.6 Å². The lowest BCUT2D eigenvalue weighted by atomic mass is 10.1. The summed E-state index contributed by atoms with van der Waals surface area (Å²) in [6.07, 6.45) is -4.80. The molecule has 3 aromatic rings. The van der Waals surface area contributed by atoms with Crippen molar-refractivity contribution < 1.29 is 32.2 Å². The average Bonchev–Trinajstić information content (AvgIpc) is 2.91. The minimum absolute atomic E-state index is 0.299. The fourth-order valence-electron chi connectivity index (χ4n) is 3.87. The van der Waals surface area contributed by atoms with E-state index in [4.69, 9.17) is 16.3 Å². The van der Waals surface area contributed by atoms with Gasteiger partial charge >= 0.3 is 12.4 Å². The Hall–Kier alpha value is -3.80.